The molecule has 1 aliphatic rings. The van der Waals surface area contributed by atoms with Crippen molar-refractivity contribution in [1.82, 2.24) is 15.5 Å². The summed E-state index contributed by atoms with van der Waals surface area (Å²) in [6.07, 6.45) is 2.83. The maximum atomic E-state index is 12.4. The number of carbonyl (C=O) groups excluding carboxylic acids is 3. The Morgan fingerprint density at radius 2 is 1.81 bits per heavy atom. The first-order valence-electron chi connectivity index (χ1n) is 9.18. The lowest BCUT2D eigenvalue weighted by molar-refractivity contribution is -0.128. The van der Waals surface area contributed by atoms with E-state index in [4.69, 9.17) is 0 Å². The Hall–Kier alpha value is -2.57. The Labute approximate surface area is 154 Å². The molecule has 1 fully saturated rings. The van der Waals surface area contributed by atoms with Gasteiger partial charge in [-0.1, -0.05) is 31.5 Å². The van der Waals surface area contributed by atoms with Crippen molar-refractivity contribution in [3.63, 3.8) is 0 Å². The molecule has 0 unspecified atom stereocenters. The summed E-state index contributed by atoms with van der Waals surface area (Å²) in [6, 6.07) is 8.76. The van der Waals surface area contributed by atoms with Crippen molar-refractivity contribution in [3.8, 4) is 0 Å². The molecule has 0 aliphatic carbocycles. The fraction of sp³-hybridized carbons (Fsp3) is 0.526. The zero-order chi connectivity index (χ0) is 18.9. The highest BCUT2D eigenvalue weighted by Gasteiger charge is 2.26. The molecule has 26 heavy (non-hydrogen) atoms. The van der Waals surface area contributed by atoms with Gasteiger partial charge in [-0.05, 0) is 31.4 Å². The van der Waals surface area contributed by atoms with Crippen LogP contribution in [-0.4, -0.2) is 47.9 Å². The number of hydrogen-bond acceptors (Lipinski definition) is 3. The van der Waals surface area contributed by atoms with Crippen LogP contribution in [0.3, 0.4) is 0 Å². The van der Waals surface area contributed by atoms with Crippen LogP contribution in [0.15, 0.2) is 30.3 Å². The molecule has 4 amide bonds. The van der Waals surface area contributed by atoms with Crippen molar-refractivity contribution in [2.45, 2.75) is 51.6 Å². The number of amides is 4. The molecule has 0 bridgehead atoms. The number of urea groups is 1. The lowest BCUT2D eigenvalue weighted by Crippen LogP contribution is -2.52. The number of carbonyl (C=O) groups is 3. The first-order chi connectivity index (χ1) is 12.5. The van der Waals surface area contributed by atoms with Crippen molar-refractivity contribution < 1.29 is 14.4 Å². The minimum atomic E-state index is -0.489. The Morgan fingerprint density at radius 3 is 2.38 bits per heavy atom. The van der Waals surface area contributed by atoms with Crippen LogP contribution < -0.4 is 16.0 Å². The van der Waals surface area contributed by atoms with Gasteiger partial charge in [0.15, 0.2) is 0 Å². The van der Waals surface area contributed by atoms with E-state index < -0.39 is 6.04 Å². The molecule has 0 radical (unpaired) electrons. The summed E-state index contributed by atoms with van der Waals surface area (Å²) in [6.45, 7) is 4.57. The van der Waals surface area contributed by atoms with Gasteiger partial charge in [-0.2, -0.15) is 0 Å². The van der Waals surface area contributed by atoms with Gasteiger partial charge in [0, 0.05) is 31.7 Å². The maximum Gasteiger partial charge on any atom is 0.321 e. The van der Waals surface area contributed by atoms with Crippen LogP contribution in [-0.2, 0) is 9.59 Å². The second-order valence-corrected chi connectivity index (χ2v) is 6.61. The summed E-state index contributed by atoms with van der Waals surface area (Å²) in [7, 11) is 0. The third-order valence-electron chi connectivity index (χ3n) is 4.42. The van der Waals surface area contributed by atoms with Gasteiger partial charge in [-0.15, -0.1) is 0 Å². The van der Waals surface area contributed by atoms with Crippen LogP contribution in [0.1, 0.15) is 39.5 Å². The highest BCUT2D eigenvalue weighted by atomic mass is 16.2. The van der Waals surface area contributed by atoms with E-state index in [9.17, 15) is 14.4 Å². The van der Waals surface area contributed by atoms with E-state index in [1.807, 2.05) is 37.3 Å². The van der Waals surface area contributed by atoms with Gasteiger partial charge in [0.25, 0.3) is 0 Å². The third-order valence-corrected chi connectivity index (χ3v) is 4.42. The lowest BCUT2D eigenvalue weighted by Gasteiger charge is -2.33. The van der Waals surface area contributed by atoms with Gasteiger partial charge in [0.2, 0.25) is 11.8 Å². The highest BCUT2D eigenvalue weighted by molar-refractivity contribution is 5.89. The number of benzene rings is 1. The molecule has 1 heterocycles. The fourth-order valence-electron chi connectivity index (χ4n) is 3.06. The summed E-state index contributed by atoms with van der Waals surface area (Å²) < 4.78 is 0. The van der Waals surface area contributed by atoms with E-state index in [1.54, 1.807) is 4.90 Å². The standard InChI is InChI=1S/C19H28N4O3/c1-3-7-17(20-14(2)24)18(25)21-16-10-12-23(13-11-16)19(26)22-15-8-5-4-6-9-15/h4-6,8-9,16-17H,3,7,10-13H2,1-2H3,(H,20,24)(H,21,25)(H,22,26)/t17-/m1/s1. The number of piperidine rings is 1. The summed E-state index contributed by atoms with van der Waals surface area (Å²) in [5.41, 5.74) is 0.769. The second-order valence-electron chi connectivity index (χ2n) is 6.61. The number of likely N-dealkylation sites (tertiary alicyclic amines) is 1. The summed E-state index contributed by atoms with van der Waals surface area (Å²) in [4.78, 5) is 37.7. The zero-order valence-electron chi connectivity index (χ0n) is 15.5. The first kappa shape index (κ1) is 19.8. The fourth-order valence-corrected chi connectivity index (χ4v) is 3.06. The van der Waals surface area contributed by atoms with Crippen molar-refractivity contribution in [2.75, 3.05) is 18.4 Å². The third kappa shape index (κ3) is 6.06. The van der Waals surface area contributed by atoms with Crippen molar-refractivity contribution in [2.24, 2.45) is 0 Å². The zero-order valence-corrected chi connectivity index (χ0v) is 15.5. The smallest absolute Gasteiger partial charge is 0.321 e. The molecule has 142 valence electrons. The second kappa shape index (κ2) is 9.79. The van der Waals surface area contributed by atoms with Crippen LogP contribution in [0.2, 0.25) is 0 Å². The van der Waals surface area contributed by atoms with E-state index in [1.165, 1.54) is 6.92 Å². The Balaban J connectivity index is 1.79. The van der Waals surface area contributed by atoms with E-state index in [2.05, 4.69) is 16.0 Å². The molecule has 1 saturated heterocycles. The van der Waals surface area contributed by atoms with Gasteiger partial charge in [0.1, 0.15) is 6.04 Å². The van der Waals surface area contributed by atoms with E-state index >= 15 is 0 Å². The monoisotopic (exact) mass is 360 g/mol. The van der Waals surface area contributed by atoms with Gasteiger partial charge in [-0.25, -0.2) is 4.79 Å². The molecule has 0 saturated carbocycles. The summed E-state index contributed by atoms with van der Waals surface area (Å²) >= 11 is 0. The van der Waals surface area contributed by atoms with Crippen LogP contribution in [0, 0.1) is 0 Å². The summed E-state index contributed by atoms with van der Waals surface area (Å²) in [5.74, 6) is -0.347. The van der Waals surface area contributed by atoms with Crippen molar-refractivity contribution in [3.05, 3.63) is 30.3 Å². The van der Waals surface area contributed by atoms with Gasteiger partial charge in [0.05, 0.1) is 0 Å². The molecule has 0 spiro atoms. The Kier molecular flexibility index (Phi) is 7.44. The highest BCUT2D eigenvalue weighted by Crippen LogP contribution is 2.13. The number of nitrogens with zero attached hydrogens (tertiary/aromatic N) is 1. The molecular weight excluding hydrogens is 332 g/mol. The first-order valence-corrected chi connectivity index (χ1v) is 9.18. The average Bonchev–Trinajstić information content (AvgIpc) is 2.62. The lowest BCUT2D eigenvalue weighted by atomic mass is 10.0. The largest absolute Gasteiger partial charge is 0.351 e. The van der Waals surface area contributed by atoms with Gasteiger partial charge >= 0.3 is 6.03 Å². The molecule has 3 N–H and O–H groups in total. The normalized spacial score (nSPS) is 15.8. The van der Waals surface area contributed by atoms with Gasteiger partial charge in [-0.3, -0.25) is 9.59 Å². The molecule has 1 atom stereocenters. The number of nitrogens with one attached hydrogen (secondary N) is 3. The number of rotatable bonds is 6. The molecule has 1 aliphatic heterocycles. The number of hydrogen-bond donors (Lipinski definition) is 3. The maximum absolute atomic E-state index is 12.4. The minimum absolute atomic E-state index is 0.0244. The SMILES string of the molecule is CCC[C@@H](NC(C)=O)C(=O)NC1CCN(C(=O)Nc2ccccc2)CC1. The molecular formula is C19H28N4O3. The van der Waals surface area contributed by atoms with Crippen LogP contribution >= 0.6 is 0 Å². The van der Waals surface area contributed by atoms with E-state index in [-0.39, 0.29) is 23.9 Å². The van der Waals surface area contributed by atoms with Crippen LogP contribution in [0.25, 0.3) is 0 Å². The molecule has 7 heteroatoms. The predicted molar refractivity (Wildman–Crippen MR) is 101 cm³/mol. The summed E-state index contributed by atoms with van der Waals surface area (Å²) in [5, 5.41) is 8.58. The molecule has 7 nitrogen and oxygen atoms in total. The average molecular weight is 360 g/mol. The van der Waals surface area contributed by atoms with E-state index in [0.29, 0.717) is 32.4 Å². The predicted octanol–water partition coefficient (Wildman–Crippen LogP) is 2.10. The molecule has 1 aromatic carbocycles. The minimum Gasteiger partial charge on any atom is -0.351 e. The number of para-hydroxylation sites is 1. The van der Waals surface area contributed by atoms with Crippen molar-refractivity contribution >= 4 is 23.5 Å². The van der Waals surface area contributed by atoms with E-state index in [0.717, 1.165) is 12.1 Å². The van der Waals surface area contributed by atoms with Crippen LogP contribution in [0.5, 0.6) is 0 Å². The molecule has 2 rings (SSSR count). The Morgan fingerprint density at radius 1 is 1.15 bits per heavy atom. The molecule has 1 aromatic rings. The van der Waals surface area contributed by atoms with Crippen molar-refractivity contribution in [1.29, 1.82) is 0 Å². The topological polar surface area (TPSA) is 90.5 Å². The number of anilines is 1. The van der Waals surface area contributed by atoms with Crippen LogP contribution in [0.4, 0.5) is 10.5 Å². The van der Waals surface area contributed by atoms with Gasteiger partial charge < -0.3 is 20.9 Å². The Bertz CT molecular complexity index is 612. The molecule has 0 aromatic heterocycles. The quantitative estimate of drug-likeness (QED) is 0.726.